The first kappa shape index (κ1) is 15.4. The van der Waals surface area contributed by atoms with Crippen LogP contribution in [0.15, 0.2) is 18.3 Å². The summed E-state index contributed by atoms with van der Waals surface area (Å²) in [7, 11) is 0. The van der Waals surface area contributed by atoms with Crippen LogP contribution in [-0.4, -0.2) is 48.8 Å². The van der Waals surface area contributed by atoms with Crippen molar-refractivity contribution in [3.05, 3.63) is 23.9 Å². The maximum atomic E-state index is 12.5. The summed E-state index contributed by atoms with van der Waals surface area (Å²) in [6, 6.07) is 2.36. The number of halogens is 3. The van der Waals surface area contributed by atoms with Gasteiger partial charge in [-0.25, -0.2) is 9.78 Å². The molecule has 2 rings (SSSR count). The number of pyridine rings is 1. The average molecular weight is 303 g/mol. The third kappa shape index (κ3) is 3.77. The first-order chi connectivity index (χ1) is 9.91. The molecule has 0 unspecified atom stereocenters. The fraction of sp³-hybridized carbons (Fsp3) is 0.538. The Morgan fingerprint density at radius 3 is 2.43 bits per heavy atom. The fourth-order valence-corrected chi connectivity index (χ4v) is 2.07. The summed E-state index contributed by atoms with van der Waals surface area (Å²) in [6.07, 6.45) is -3.92. The number of rotatable bonds is 2. The van der Waals surface area contributed by atoms with Crippen molar-refractivity contribution in [3.63, 3.8) is 0 Å². The van der Waals surface area contributed by atoms with Gasteiger partial charge in [0.1, 0.15) is 5.82 Å². The van der Waals surface area contributed by atoms with E-state index in [1.807, 2.05) is 4.90 Å². The van der Waals surface area contributed by atoms with E-state index in [9.17, 15) is 18.0 Å². The van der Waals surface area contributed by atoms with E-state index in [4.69, 9.17) is 4.74 Å². The number of alkyl halides is 3. The van der Waals surface area contributed by atoms with Gasteiger partial charge in [-0.05, 0) is 19.1 Å². The van der Waals surface area contributed by atoms with Crippen molar-refractivity contribution in [2.24, 2.45) is 0 Å². The predicted molar refractivity (Wildman–Crippen MR) is 70.0 cm³/mol. The van der Waals surface area contributed by atoms with E-state index in [0.29, 0.717) is 38.6 Å². The Kier molecular flexibility index (Phi) is 4.54. The number of aromatic nitrogens is 1. The maximum Gasteiger partial charge on any atom is 0.417 e. The molecule has 0 aromatic carbocycles. The van der Waals surface area contributed by atoms with Gasteiger partial charge >= 0.3 is 12.3 Å². The summed E-state index contributed by atoms with van der Waals surface area (Å²) in [5.41, 5.74) is -0.767. The second-order valence-electron chi connectivity index (χ2n) is 4.58. The smallest absolute Gasteiger partial charge is 0.417 e. The van der Waals surface area contributed by atoms with Gasteiger partial charge < -0.3 is 14.5 Å². The number of hydrogen-bond donors (Lipinski definition) is 0. The van der Waals surface area contributed by atoms with Crippen molar-refractivity contribution in [2.75, 3.05) is 37.7 Å². The Balaban J connectivity index is 1.95. The largest absolute Gasteiger partial charge is 0.450 e. The fourth-order valence-electron chi connectivity index (χ4n) is 2.07. The zero-order valence-corrected chi connectivity index (χ0v) is 11.6. The van der Waals surface area contributed by atoms with Gasteiger partial charge in [-0.15, -0.1) is 0 Å². The molecule has 5 nitrogen and oxygen atoms in total. The highest BCUT2D eigenvalue weighted by Crippen LogP contribution is 2.29. The van der Waals surface area contributed by atoms with E-state index in [1.54, 1.807) is 11.8 Å². The standard InChI is InChI=1S/C13H16F3N3O2/c1-2-21-12(20)19-7-5-18(6-8-19)11-4-3-10(9-17-11)13(14,15)16/h3-4,9H,2,5-8H2,1H3. The van der Waals surface area contributed by atoms with E-state index < -0.39 is 11.7 Å². The predicted octanol–water partition coefficient (Wildman–Crippen LogP) is 2.38. The molecule has 0 aliphatic carbocycles. The van der Waals surface area contributed by atoms with Crippen LogP contribution in [0, 0.1) is 0 Å². The van der Waals surface area contributed by atoms with E-state index in [2.05, 4.69) is 4.98 Å². The van der Waals surface area contributed by atoms with Crippen LogP contribution in [0.3, 0.4) is 0 Å². The lowest BCUT2D eigenvalue weighted by Crippen LogP contribution is -2.49. The van der Waals surface area contributed by atoms with Crippen LogP contribution in [0.2, 0.25) is 0 Å². The van der Waals surface area contributed by atoms with Gasteiger partial charge in [0.25, 0.3) is 0 Å². The van der Waals surface area contributed by atoms with Crippen molar-refractivity contribution in [1.29, 1.82) is 0 Å². The first-order valence-electron chi connectivity index (χ1n) is 6.61. The van der Waals surface area contributed by atoms with Gasteiger partial charge in [-0.1, -0.05) is 0 Å². The molecule has 1 aromatic heterocycles. The van der Waals surface area contributed by atoms with Gasteiger partial charge in [0.05, 0.1) is 12.2 Å². The normalized spacial score (nSPS) is 16.0. The Hall–Kier alpha value is -1.99. The molecule has 0 saturated carbocycles. The lowest BCUT2D eigenvalue weighted by molar-refractivity contribution is -0.137. The van der Waals surface area contributed by atoms with Gasteiger partial charge in [0.15, 0.2) is 0 Å². The zero-order chi connectivity index (χ0) is 15.5. The minimum Gasteiger partial charge on any atom is -0.450 e. The molecule has 0 N–H and O–H groups in total. The molecule has 1 aromatic rings. The van der Waals surface area contributed by atoms with E-state index in [-0.39, 0.29) is 6.09 Å². The lowest BCUT2D eigenvalue weighted by atomic mass is 10.2. The van der Waals surface area contributed by atoms with Gasteiger partial charge in [0.2, 0.25) is 0 Å². The molecule has 1 fully saturated rings. The summed E-state index contributed by atoms with van der Waals surface area (Å²) in [6.45, 7) is 4.00. The number of amides is 1. The molecule has 1 amide bonds. The highest BCUT2D eigenvalue weighted by molar-refractivity contribution is 5.68. The minimum atomic E-state index is -4.38. The number of hydrogen-bond acceptors (Lipinski definition) is 4. The summed E-state index contributed by atoms with van der Waals surface area (Å²) in [5, 5.41) is 0. The molecule has 2 heterocycles. The highest BCUT2D eigenvalue weighted by atomic mass is 19.4. The monoisotopic (exact) mass is 303 g/mol. The van der Waals surface area contributed by atoms with E-state index in [1.165, 1.54) is 6.07 Å². The number of piperazine rings is 1. The molecule has 1 aliphatic heterocycles. The molecule has 8 heteroatoms. The molecule has 116 valence electrons. The molecule has 0 bridgehead atoms. The molecule has 0 radical (unpaired) electrons. The number of anilines is 1. The van der Waals surface area contributed by atoms with E-state index in [0.717, 1.165) is 12.3 Å². The maximum absolute atomic E-state index is 12.5. The number of nitrogens with zero attached hydrogens (tertiary/aromatic N) is 3. The van der Waals surface area contributed by atoms with Gasteiger partial charge in [0, 0.05) is 32.4 Å². The average Bonchev–Trinajstić information content (AvgIpc) is 2.47. The van der Waals surface area contributed by atoms with Crippen LogP contribution < -0.4 is 4.90 Å². The third-order valence-corrected chi connectivity index (χ3v) is 3.20. The van der Waals surface area contributed by atoms with Crippen molar-refractivity contribution in [3.8, 4) is 0 Å². The zero-order valence-electron chi connectivity index (χ0n) is 11.6. The van der Waals surface area contributed by atoms with E-state index >= 15 is 0 Å². The SMILES string of the molecule is CCOC(=O)N1CCN(c2ccc(C(F)(F)F)cn2)CC1. The molecule has 0 spiro atoms. The lowest BCUT2D eigenvalue weighted by Gasteiger charge is -2.34. The molecule has 21 heavy (non-hydrogen) atoms. The van der Waals surface area contributed by atoms with Gasteiger partial charge in [-0.2, -0.15) is 13.2 Å². The first-order valence-corrected chi connectivity index (χ1v) is 6.61. The minimum absolute atomic E-state index is 0.319. The summed E-state index contributed by atoms with van der Waals surface area (Å²) >= 11 is 0. The van der Waals surface area contributed by atoms with Crippen molar-refractivity contribution in [1.82, 2.24) is 9.88 Å². The molecule has 0 atom stereocenters. The van der Waals surface area contributed by atoms with Crippen molar-refractivity contribution < 1.29 is 22.7 Å². The summed E-state index contributed by atoms with van der Waals surface area (Å²) < 4.78 is 42.3. The van der Waals surface area contributed by atoms with Gasteiger partial charge in [-0.3, -0.25) is 0 Å². The number of carbonyl (C=O) groups is 1. The summed E-state index contributed by atoms with van der Waals surface area (Å²) in [4.78, 5) is 18.8. The third-order valence-electron chi connectivity index (χ3n) is 3.20. The Morgan fingerprint density at radius 2 is 1.95 bits per heavy atom. The van der Waals surface area contributed by atoms with Crippen LogP contribution in [0.4, 0.5) is 23.8 Å². The Labute approximate surface area is 120 Å². The molecular formula is C13H16F3N3O2. The van der Waals surface area contributed by atoms with Crippen molar-refractivity contribution >= 4 is 11.9 Å². The molecule has 1 aliphatic rings. The van der Waals surface area contributed by atoms with Crippen LogP contribution in [0.1, 0.15) is 12.5 Å². The second-order valence-corrected chi connectivity index (χ2v) is 4.58. The quantitative estimate of drug-likeness (QED) is 0.841. The Bertz CT molecular complexity index is 482. The number of carbonyl (C=O) groups excluding carboxylic acids is 1. The van der Waals surface area contributed by atoms with Crippen LogP contribution in [0.5, 0.6) is 0 Å². The summed E-state index contributed by atoms with van der Waals surface area (Å²) in [5.74, 6) is 0.478. The highest BCUT2D eigenvalue weighted by Gasteiger charge is 2.31. The van der Waals surface area contributed by atoms with Crippen molar-refractivity contribution in [2.45, 2.75) is 13.1 Å². The van der Waals surface area contributed by atoms with Crippen LogP contribution >= 0.6 is 0 Å². The molecular weight excluding hydrogens is 287 g/mol. The van der Waals surface area contributed by atoms with Crippen LogP contribution in [0.25, 0.3) is 0 Å². The topological polar surface area (TPSA) is 45.7 Å². The second kappa shape index (κ2) is 6.19. The van der Waals surface area contributed by atoms with Crippen LogP contribution in [-0.2, 0) is 10.9 Å². The molecule has 1 saturated heterocycles. The number of ether oxygens (including phenoxy) is 1. The Morgan fingerprint density at radius 1 is 1.29 bits per heavy atom.